The summed E-state index contributed by atoms with van der Waals surface area (Å²) in [7, 11) is 0. The highest BCUT2D eigenvalue weighted by Gasteiger charge is 2.39. The first-order valence-corrected chi connectivity index (χ1v) is 6.84. The number of nitrogens with two attached hydrogens (primary N) is 1. The summed E-state index contributed by atoms with van der Waals surface area (Å²) >= 11 is 0. The topological polar surface area (TPSA) is 29.3 Å². The zero-order valence-corrected chi connectivity index (χ0v) is 11.8. The third-order valence-electron chi connectivity index (χ3n) is 4.13. The van der Waals surface area contributed by atoms with Gasteiger partial charge in [0, 0.05) is 19.1 Å². The highest BCUT2D eigenvalue weighted by molar-refractivity contribution is 4.95. The monoisotopic (exact) mass is 226 g/mol. The first-order chi connectivity index (χ1) is 7.36. The van der Waals surface area contributed by atoms with E-state index in [0.717, 1.165) is 12.5 Å². The second-order valence-corrected chi connectivity index (χ2v) is 6.56. The maximum atomic E-state index is 6.36. The van der Waals surface area contributed by atoms with Crippen molar-refractivity contribution in [2.45, 2.75) is 53.5 Å². The molecule has 16 heavy (non-hydrogen) atoms. The lowest BCUT2D eigenvalue weighted by Crippen LogP contribution is -2.42. The lowest BCUT2D eigenvalue weighted by molar-refractivity contribution is 0.195. The summed E-state index contributed by atoms with van der Waals surface area (Å²) < 4.78 is 0. The van der Waals surface area contributed by atoms with Crippen LogP contribution in [-0.2, 0) is 0 Å². The highest BCUT2D eigenvalue weighted by Crippen LogP contribution is 2.40. The number of hydrogen-bond donors (Lipinski definition) is 1. The van der Waals surface area contributed by atoms with Crippen molar-refractivity contribution >= 4 is 0 Å². The molecule has 1 aliphatic rings. The highest BCUT2D eigenvalue weighted by atomic mass is 15.1. The Balaban J connectivity index is 2.47. The molecule has 2 nitrogen and oxygen atoms in total. The van der Waals surface area contributed by atoms with Crippen molar-refractivity contribution in [1.29, 1.82) is 0 Å². The van der Waals surface area contributed by atoms with Crippen molar-refractivity contribution in [3.8, 4) is 0 Å². The molecule has 0 bridgehead atoms. The number of rotatable bonds is 5. The van der Waals surface area contributed by atoms with Crippen LogP contribution in [0.4, 0.5) is 0 Å². The van der Waals surface area contributed by atoms with Gasteiger partial charge in [-0.2, -0.15) is 0 Å². The van der Waals surface area contributed by atoms with Crippen LogP contribution in [0.2, 0.25) is 0 Å². The molecular formula is C14H30N2. The SMILES string of the molecule is CCN(CC(C)C)CC1CCC(C)(C)C1N. The van der Waals surface area contributed by atoms with E-state index in [-0.39, 0.29) is 0 Å². The van der Waals surface area contributed by atoms with Crippen LogP contribution in [0.1, 0.15) is 47.5 Å². The normalized spacial score (nSPS) is 29.2. The van der Waals surface area contributed by atoms with Gasteiger partial charge < -0.3 is 10.6 Å². The molecule has 2 atom stereocenters. The summed E-state index contributed by atoms with van der Waals surface area (Å²) in [6, 6.07) is 0.383. The van der Waals surface area contributed by atoms with Crippen molar-refractivity contribution in [1.82, 2.24) is 4.90 Å². The van der Waals surface area contributed by atoms with Crippen LogP contribution in [-0.4, -0.2) is 30.6 Å². The molecule has 1 rings (SSSR count). The number of nitrogens with zero attached hydrogens (tertiary/aromatic N) is 1. The predicted molar refractivity (Wildman–Crippen MR) is 71.4 cm³/mol. The van der Waals surface area contributed by atoms with Crippen molar-refractivity contribution in [2.75, 3.05) is 19.6 Å². The van der Waals surface area contributed by atoms with E-state index < -0.39 is 0 Å². The van der Waals surface area contributed by atoms with E-state index in [1.54, 1.807) is 0 Å². The quantitative estimate of drug-likeness (QED) is 0.781. The van der Waals surface area contributed by atoms with Gasteiger partial charge in [-0.1, -0.05) is 34.6 Å². The molecule has 0 saturated heterocycles. The van der Waals surface area contributed by atoms with E-state index in [0.29, 0.717) is 17.4 Å². The van der Waals surface area contributed by atoms with Crippen LogP contribution in [0.3, 0.4) is 0 Å². The summed E-state index contributed by atoms with van der Waals surface area (Å²) in [5.41, 5.74) is 6.71. The molecule has 0 radical (unpaired) electrons. The van der Waals surface area contributed by atoms with Gasteiger partial charge in [0.05, 0.1) is 0 Å². The van der Waals surface area contributed by atoms with Gasteiger partial charge >= 0.3 is 0 Å². The van der Waals surface area contributed by atoms with Gasteiger partial charge in [0.2, 0.25) is 0 Å². The van der Waals surface area contributed by atoms with Crippen molar-refractivity contribution in [3.63, 3.8) is 0 Å². The van der Waals surface area contributed by atoms with E-state index in [4.69, 9.17) is 5.73 Å². The van der Waals surface area contributed by atoms with Crippen LogP contribution in [0.25, 0.3) is 0 Å². The van der Waals surface area contributed by atoms with Gasteiger partial charge in [-0.15, -0.1) is 0 Å². The molecule has 0 aromatic heterocycles. The second-order valence-electron chi connectivity index (χ2n) is 6.56. The van der Waals surface area contributed by atoms with Crippen molar-refractivity contribution in [2.24, 2.45) is 23.0 Å². The van der Waals surface area contributed by atoms with Gasteiger partial charge in [-0.25, -0.2) is 0 Å². The Bertz CT molecular complexity index is 211. The van der Waals surface area contributed by atoms with E-state index in [9.17, 15) is 0 Å². The molecule has 0 aromatic carbocycles. The van der Waals surface area contributed by atoms with Crippen LogP contribution in [0, 0.1) is 17.3 Å². The Hall–Kier alpha value is -0.0800. The summed E-state index contributed by atoms with van der Waals surface area (Å²) in [4.78, 5) is 2.57. The van der Waals surface area contributed by atoms with E-state index >= 15 is 0 Å². The molecule has 0 aromatic rings. The Morgan fingerprint density at radius 1 is 1.38 bits per heavy atom. The molecular weight excluding hydrogens is 196 g/mol. The zero-order valence-electron chi connectivity index (χ0n) is 11.8. The standard InChI is InChI=1S/C14H30N2/c1-6-16(9-11(2)3)10-12-7-8-14(4,5)13(12)15/h11-13H,6-10,15H2,1-5H3. The van der Waals surface area contributed by atoms with Gasteiger partial charge in [0.25, 0.3) is 0 Å². The Morgan fingerprint density at radius 2 is 2.00 bits per heavy atom. The van der Waals surface area contributed by atoms with Gasteiger partial charge in [0.15, 0.2) is 0 Å². The molecule has 0 spiro atoms. The molecule has 0 amide bonds. The molecule has 2 unspecified atom stereocenters. The fourth-order valence-corrected chi connectivity index (χ4v) is 2.93. The zero-order chi connectivity index (χ0) is 12.3. The van der Waals surface area contributed by atoms with Gasteiger partial charge in [-0.3, -0.25) is 0 Å². The second kappa shape index (κ2) is 5.50. The minimum absolute atomic E-state index is 0.349. The third-order valence-corrected chi connectivity index (χ3v) is 4.13. The van der Waals surface area contributed by atoms with Crippen LogP contribution in [0.5, 0.6) is 0 Å². The maximum absolute atomic E-state index is 6.36. The fraction of sp³-hybridized carbons (Fsp3) is 1.00. The van der Waals surface area contributed by atoms with E-state index in [1.165, 1.54) is 25.9 Å². The molecule has 0 aliphatic heterocycles. The summed E-state index contributed by atoms with van der Waals surface area (Å²) in [5.74, 6) is 1.46. The van der Waals surface area contributed by atoms with Crippen LogP contribution < -0.4 is 5.73 Å². The first-order valence-electron chi connectivity index (χ1n) is 6.84. The first kappa shape index (κ1) is 14.0. The minimum atomic E-state index is 0.349. The largest absolute Gasteiger partial charge is 0.327 e. The molecule has 1 fully saturated rings. The lowest BCUT2D eigenvalue weighted by atomic mass is 9.85. The average Bonchev–Trinajstić information content (AvgIpc) is 2.43. The molecule has 0 heterocycles. The molecule has 1 saturated carbocycles. The van der Waals surface area contributed by atoms with Crippen LogP contribution >= 0.6 is 0 Å². The molecule has 2 heteroatoms. The molecule has 1 aliphatic carbocycles. The van der Waals surface area contributed by atoms with Crippen molar-refractivity contribution in [3.05, 3.63) is 0 Å². The summed E-state index contributed by atoms with van der Waals surface area (Å²) in [6.45, 7) is 15.0. The van der Waals surface area contributed by atoms with E-state index in [2.05, 4.69) is 39.5 Å². The Morgan fingerprint density at radius 3 is 2.38 bits per heavy atom. The third kappa shape index (κ3) is 3.46. The minimum Gasteiger partial charge on any atom is -0.327 e. The molecule has 2 N–H and O–H groups in total. The van der Waals surface area contributed by atoms with Crippen LogP contribution in [0.15, 0.2) is 0 Å². The number of hydrogen-bond acceptors (Lipinski definition) is 2. The van der Waals surface area contributed by atoms with Crippen molar-refractivity contribution < 1.29 is 0 Å². The summed E-state index contributed by atoms with van der Waals surface area (Å²) in [6.07, 6.45) is 2.60. The Kier molecular flexibility index (Phi) is 4.81. The lowest BCUT2D eigenvalue weighted by Gasteiger charge is -2.31. The average molecular weight is 226 g/mol. The van der Waals surface area contributed by atoms with E-state index in [1.807, 2.05) is 0 Å². The van der Waals surface area contributed by atoms with Gasteiger partial charge in [0.1, 0.15) is 0 Å². The summed E-state index contributed by atoms with van der Waals surface area (Å²) in [5, 5.41) is 0. The Labute approximate surface area is 102 Å². The molecule has 96 valence electrons. The van der Waals surface area contributed by atoms with Gasteiger partial charge in [-0.05, 0) is 36.6 Å². The smallest absolute Gasteiger partial charge is 0.0131 e. The maximum Gasteiger partial charge on any atom is 0.0131 e. The predicted octanol–water partition coefficient (Wildman–Crippen LogP) is 2.73. The fourth-order valence-electron chi connectivity index (χ4n) is 2.93.